The molecule has 2 unspecified atom stereocenters. The highest BCUT2D eigenvalue weighted by molar-refractivity contribution is 8.78. The SMILES string of the molecule is C.CC(C)(C)OC(=O)NCCCOCCOCCOCCCNC(=O)CNc1cccc2c1C(=O)N(C1CCC(=O)NC1=O)C2=O.NCCCOCCOCCOCCCNC(=O)CNc1cccc2c1C(=O)N(C1CCC(=O)NC1=O)C2=O.S=S=S=S=S=S=S=S=S=S=S=S=S=S=S=S=S=S=S=S=S. The first kappa shape index (κ1) is 96.3. The fourth-order valence-corrected chi connectivity index (χ4v) is 55.4. The topological polar surface area (TPSA) is 369 Å². The van der Waals surface area contributed by atoms with E-state index >= 15 is 0 Å². The van der Waals surface area contributed by atoms with Gasteiger partial charge in [0.2, 0.25) is 35.4 Å². The molecule has 28 nitrogen and oxygen atoms in total. The van der Waals surface area contributed by atoms with Crippen LogP contribution in [0.2, 0.25) is 0 Å². The van der Waals surface area contributed by atoms with Crippen molar-refractivity contribution in [1.82, 2.24) is 36.4 Å². The van der Waals surface area contributed by atoms with Gasteiger partial charge in [0.1, 0.15) is 17.7 Å². The number of hydrogen-bond donors (Lipinski definition) is 8. The maximum atomic E-state index is 13.1. The van der Waals surface area contributed by atoms with Gasteiger partial charge in [0.05, 0.1) is 88.2 Å². The number of carbonyl (C=O) groups excluding carboxylic acids is 11. The monoisotopic (exact) mass is 1850 g/mol. The molecule has 0 saturated carbocycles. The fraction of sp³-hybridized carbons (Fsp3) is 0.589. The summed E-state index contributed by atoms with van der Waals surface area (Å²) in [5, 5.41) is 18.3. The van der Waals surface area contributed by atoms with Crippen LogP contribution < -0.4 is 43.0 Å². The van der Waals surface area contributed by atoms with Crippen molar-refractivity contribution in [3.63, 3.8) is 0 Å². The Morgan fingerprint density at radius 3 is 1.10 bits per heavy atom. The number of rotatable bonds is 35. The quantitative estimate of drug-likeness (QED) is 0.0352. The van der Waals surface area contributed by atoms with Crippen molar-refractivity contribution in [1.29, 1.82) is 0 Å². The molecule has 2 aromatic carbocycles. The summed E-state index contributed by atoms with van der Waals surface area (Å²) in [7, 11) is 32.6. The van der Waals surface area contributed by atoms with Gasteiger partial charge in [-0.1, -0.05) is 19.6 Å². The molecular weight excluding hydrogens is 1770 g/mol. The van der Waals surface area contributed by atoms with Gasteiger partial charge in [-0.3, -0.25) is 68.4 Å². The molecule has 2 fully saturated rings. The summed E-state index contributed by atoms with van der Waals surface area (Å²) in [6, 6.07) is 7.22. The maximum absolute atomic E-state index is 13.1. The molecule has 49 heteroatoms. The van der Waals surface area contributed by atoms with Gasteiger partial charge in [-0.25, -0.2) is 4.79 Å². The third kappa shape index (κ3) is 40.3. The molecule has 0 bridgehead atoms. The van der Waals surface area contributed by atoms with Crippen LogP contribution in [0.1, 0.15) is 121 Å². The van der Waals surface area contributed by atoms with E-state index < -0.39 is 71.0 Å². The molecule has 4 aliphatic heterocycles. The molecule has 2 aromatic rings. The number of benzene rings is 2. The first-order chi connectivity index (χ1) is 50.3. The van der Waals surface area contributed by atoms with E-state index in [0.717, 1.165) is 16.2 Å². The van der Waals surface area contributed by atoms with Gasteiger partial charge in [-0.15, -0.1) is 0 Å². The van der Waals surface area contributed by atoms with Crippen molar-refractivity contribution in [2.75, 3.05) is 129 Å². The van der Waals surface area contributed by atoms with Gasteiger partial charge in [0.15, 0.2) is 0 Å². The van der Waals surface area contributed by atoms with Crippen molar-refractivity contribution in [2.45, 2.75) is 97.2 Å². The standard InChI is InChI=1S/C30H43N5O10.C25H35N5O8.CH4.S21/c1-30(2,3)45-29(41)32-12-6-14-43-16-18-44-17-15-42-13-5-11-31-24(37)19-33-21-8-4-7-20-25(21)28(40)35(27(20)39)22-9-10-23(36)34-26(22)38;26-8-2-10-36-12-14-38-15-13-37-11-3-9-27-21(32)16-28-18-5-1-4-17-22(18)25(35)30(24(17)34)19-6-7-20(31)29-23(19)33;;1-3-5-7-9-11-13-15-17-19-21-20-18-16-14-12-10-8-6-4-2/h4,7-8,22,33H,5-6,9-19H2,1-3H3,(H,31,37)(H,32,41)(H,34,36,38);1,4-5,19,28H,2-3,6-16,26H2,(H,27,32)(H,29,31,33);1H4;. The van der Waals surface area contributed by atoms with Crippen molar-refractivity contribution >= 4 is 268 Å². The first-order valence-electron chi connectivity index (χ1n) is 31.1. The Morgan fingerprint density at radius 1 is 0.467 bits per heavy atom. The van der Waals surface area contributed by atoms with Crippen molar-refractivity contribution in [3.05, 3.63) is 58.7 Å². The van der Waals surface area contributed by atoms with Crippen molar-refractivity contribution < 1.29 is 85.9 Å². The molecule has 9 N–H and O–H groups in total. The van der Waals surface area contributed by atoms with Crippen LogP contribution in [-0.2, 0) is 253 Å². The molecule has 590 valence electrons. The van der Waals surface area contributed by atoms with E-state index in [0.29, 0.717) is 136 Å². The molecule has 105 heavy (non-hydrogen) atoms. The highest BCUT2D eigenvalue weighted by Gasteiger charge is 2.47. The number of hydrogen-bond acceptors (Lipinski definition) is 23. The number of ether oxygens (including phenoxy) is 7. The average molecular weight is 1860 g/mol. The Labute approximate surface area is 673 Å². The number of alkyl carbamates (subject to hydrolysis) is 1. The number of nitrogens with two attached hydrogens (primary N) is 1. The molecule has 0 spiro atoms. The number of carbonyl (C=O) groups is 11. The predicted molar refractivity (Wildman–Crippen MR) is 457 cm³/mol. The van der Waals surface area contributed by atoms with Gasteiger partial charge >= 0.3 is 6.09 Å². The van der Waals surface area contributed by atoms with Crippen LogP contribution in [0, 0.1) is 0 Å². The molecule has 0 aliphatic carbocycles. The Kier molecular flexibility index (Phi) is 54.1. The highest BCUT2D eigenvalue weighted by atomic mass is 33.5. The summed E-state index contributed by atoms with van der Waals surface area (Å²) in [6.07, 6.45) is 2.45. The Balaban J connectivity index is 0.000000433. The van der Waals surface area contributed by atoms with E-state index in [-0.39, 0.29) is 80.3 Å². The lowest BCUT2D eigenvalue weighted by Gasteiger charge is -2.27. The summed E-state index contributed by atoms with van der Waals surface area (Å²) in [5.41, 5.74) is 5.95. The minimum absolute atomic E-state index is 0. The lowest BCUT2D eigenvalue weighted by molar-refractivity contribution is -0.137. The number of fused-ring (bicyclic) bond motifs is 2. The summed E-state index contributed by atoms with van der Waals surface area (Å²) in [4.78, 5) is 137. The van der Waals surface area contributed by atoms with Crippen LogP contribution in [0.25, 0.3) is 0 Å². The zero-order valence-electron chi connectivity index (χ0n) is 55.9. The van der Waals surface area contributed by atoms with Gasteiger partial charge in [0.25, 0.3) is 23.6 Å². The minimum atomic E-state index is -1.06. The summed E-state index contributed by atoms with van der Waals surface area (Å²) in [5.74, 6) is -5.34. The third-order valence-electron chi connectivity index (χ3n) is 13.0. The number of piperidine rings is 2. The fourth-order valence-electron chi connectivity index (χ4n) is 8.75. The van der Waals surface area contributed by atoms with E-state index in [2.05, 4.69) is 37.2 Å². The number of nitrogens with one attached hydrogen (secondary N) is 7. The van der Waals surface area contributed by atoms with Crippen LogP contribution in [0.15, 0.2) is 36.4 Å². The second kappa shape index (κ2) is 59.0. The van der Waals surface area contributed by atoms with Crippen LogP contribution >= 0.6 is 0 Å². The molecular formula is C56H82N10O18S21. The number of imide groups is 4. The van der Waals surface area contributed by atoms with E-state index in [1.54, 1.807) is 196 Å². The average Bonchev–Trinajstić information content (AvgIpc) is 1.61. The molecule has 4 heterocycles. The van der Waals surface area contributed by atoms with Crippen LogP contribution in [0.5, 0.6) is 0 Å². The second-order valence-corrected chi connectivity index (χ2v) is 55.0. The zero-order valence-corrected chi connectivity index (χ0v) is 73.0. The van der Waals surface area contributed by atoms with E-state index in [4.69, 9.17) is 61.3 Å². The van der Waals surface area contributed by atoms with Gasteiger partial charge in [0, 0.05) is 261 Å². The molecule has 2 saturated heterocycles. The summed E-state index contributed by atoms with van der Waals surface area (Å²) >= 11 is 9.52. The van der Waals surface area contributed by atoms with E-state index in [1.165, 1.54) is 29.9 Å². The van der Waals surface area contributed by atoms with E-state index in [9.17, 15) is 52.7 Å². The molecule has 0 radical (unpaired) electrons. The third-order valence-corrected chi connectivity index (χ3v) is 53.0. The van der Waals surface area contributed by atoms with E-state index in [1.807, 2.05) is 0 Å². The lowest BCUT2D eigenvalue weighted by Crippen LogP contribution is -2.54. The summed E-state index contributed by atoms with van der Waals surface area (Å²) < 4.78 is 37.7. The number of amides is 11. The Hall–Kier alpha value is -2.85. The summed E-state index contributed by atoms with van der Waals surface area (Å²) in [6.45, 7) is 12.6. The first-order valence-corrected chi connectivity index (χ1v) is 57.8. The van der Waals surface area contributed by atoms with Crippen LogP contribution in [-0.4, -0.2) is 211 Å². The molecule has 2 atom stereocenters. The zero-order chi connectivity index (χ0) is 75.6. The maximum Gasteiger partial charge on any atom is 0.407 e. The smallest absolute Gasteiger partial charge is 0.407 e. The van der Waals surface area contributed by atoms with Gasteiger partial charge in [-0.05, 0) is 90.1 Å². The van der Waals surface area contributed by atoms with Crippen molar-refractivity contribution in [2.24, 2.45) is 5.73 Å². The minimum Gasteiger partial charge on any atom is -0.444 e. The van der Waals surface area contributed by atoms with Gasteiger partial charge in [-0.2, -0.15) is 0 Å². The number of anilines is 2. The Morgan fingerprint density at radius 2 is 0.781 bits per heavy atom. The van der Waals surface area contributed by atoms with Crippen molar-refractivity contribution in [3.8, 4) is 0 Å². The molecule has 0 aromatic heterocycles. The lowest BCUT2D eigenvalue weighted by atomic mass is 10.0. The van der Waals surface area contributed by atoms with Crippen LogP contribution in [0.4, 0.5) is 16.2 Å². The molecule has 11 amide bonds. The molecule has 4 aliphatic rings. The highest BCUT2D eigenvalue weighted by Crippen LogP contribution is 2.34. The van der Waals surface area contributed by atoms with Crippen LogP contribution in [0.3, 0.4) is 0 Å². The van der Waals surface area contributed by atoms with Gasteiger partial charge < -0.3 is 65.5 Å². The predicted octanol–water partition coefficient (Wildman–Crippen LogP) is 0.961. The normalized spacial score (nSPS) is 14.6. The largest absolute Gasteiger partial charge is 0.444 e. The molecule has 6 rings (SSSR count). The Bertz CT molecular complexity index is 4200. The second-order valence-electron chi connectivity index (χ2n) is 21.4. The number of nitrogens with zero attached hydrogens (tertiary/aromatic N) is 2.